The average molecular weight is 190 g/mol. The molecule has 0 aromatic heterocycles. The normalized spacial score (nSPS) is 27.1. The van der Waals surface area contributed by atoms with E-state index in [1.54, 1.807) is 0 Å². The molecule has 0 spiro atoms. The number of carbonyl (C=O) groups is 1. The summed E-state index contributed by atoms with van der Waals surface area (Å²) >= 11 is 0. The van der Waals surface area contributed by atoms with E-state index < -0.39 is 0 Å². The predicted octanol–water partition coefficient (Wildman–Crippen LogP) is 0.836. The van der Waals surface area contributed by atoms with Crippen molar-refractivity contribution < 1.29 is 4.79 Å². The maximum absolute atomic E-state index is 11.6. The Hall–Kier alpha value is -1.35. The van der Waals surface area contributed by atoms with Gasteiger partial charge in [-0.3, -0.25) is 4.79 Å². The van der Waals surface area contributed by atoms with Crippen molar-refractivity contribution >= 4 is 5.91 Å². The molecule has 0 radical (unpaired) electrons. The van der Waals surface area contributed by atoms with Gasteiger partial charge >= 0.3 is 0 Å². The molecule has 1 aliphatic heterocycles. The summed E-state index contributed by atoms with van der Waals surface area (Å²) in [6.45, 7) is 2.82. The molecule has 1 heterocycles. The summed E-state index contributed by atoms with van der Waals surface area (Å²) < 4.78 is 0. The number of carbonyl (C=O) groups excluding carboxylic acids is 1. The van der Waals surface area contributed by atoms with Gasteiger partial charge in [0.2, 0.25) is 5.91 Å². The molecule has 14 heavy (non-hydrogen) atoms. The zero-order chi connectivity index (χ0) is 9.97. The van der Waals surface area contributed by atoms with Crippen LogP contribution in [0.3, 0.4) is 0 Å². The highest BCUT2D eigenvalue weighted by Gasteiger charge is 2.25. The van der Waals surface area contributed by atoms with Crippen LogP contribution in [0.25, 0.3) is 0 Å². The van der Waals surface area contributed by atoms with Crippen LogP contribution in [0.2, 0.25) is 0 Å². The van der Waals surface area contributed by atoms with Gasteiger partial charge in [0.25, 0.3) is 0 Å². The van der Waals surface area contributed by atoms with E-state index in [-0.39, 0.29) is 18.0 Å². The van der Waals surface area contributed by atoms with Gasteiger partial charge in [0.05, 0.1) is 0 Å². The van der Waals surface area contributed by atoms with E-state index in [1.165, 1.54) is 0 Å². The third-order valence-electron chi connectivity index (χ3n) is 2.41. The maximum atomic E-state index is 11.6. The second-order valence-electron chi connectivity index (χ2n) is 3.66. The van der Waals surface area contributed by atoms with Crippen LogP contribution in [0.4, 0.5) is 0 Å². The van der Waals surface area contributed by atoms with E-state index in [2.05, 4.69) is 10.6 Å². The molecule has 1 fully saturated rings. The number of nitrogens with one attached hydrogen (secondary N) is 2. The topological polar surface area (TPSA) is 41.1 Å². The molecular formula is C11H14N2O. The zero-order valence-electron chi connectivity index (χ0n) is 8.16. The second kappa shape index (κ2) is 3.80. The Morgan fingerprint density at radius 1 is 1.29 bits per heavy atom. The third kappa shape index (κ3) is 1.77. The first-order valence-corrected chi connectivity index (χ1v) is 4.86. The van der Waals surface area contributed by atoms with Gasteiger partial charge in [-0.1, -0.05) is 30.3 Å². The molecule has 3 nitrogen and oxygen atoms in total. The highest BCUT2D eigenvalue weighted by atomic mass is 16.2. The number of rotatable bonds is 1. The highest BCUT2D eigenvalue weighted by Crippen LogP contribution is 2.14. The van der Waals surface area contributed by atoms with E-state index in [0.717, 1.165) is 12.1 Å². The standard InChI is InChI=1S/C11H14N2O/c1-8-7-12-10(11(14)13-8)9-5-3-2-4-6-9/h2-6,8,10,12H,7H2,1H3,(H,13,14)/t8-,10+/m1/s1. The van der Waals surface area contributed by atoms with Gasteiger partial charge in [-0.05, 0) is 12.5 Å². The first kappa shape index (κ1) is 9.21. The number of hydrogen-bond donors (Lipinski definition) is 2. The van der Waals surface area contributed by atoms with E-state index >= 15 is 0 Å². The summed E-state index contributed by atoms with van der Waals surface area (Å²) in [4.78, 5) is 11.6. The van der Waals surface area contributed by atoms with Crippen molar-refractivity contribution in [2.75, 3.05) is 6.54 Å². The van der Waals surface area contributed by atoms with Gasteiger partial charge in [-0.15, -0.1) is 0 Å². The number of benzene rings is 1. The van der Waals surface area contributed by atoms with E-state index in [0.29, 0.717) is 0 Å². The number of piperazine rings is 1. The van der Waals surface area contributed by atoms with Gasteiger partial charge in [-0.2, -0.15) is 0 Å². The lowest BCUT2D eigenvalue weighted by atomic mass is 10.0. The summed E-state index contributed by atoms with van der Waals surface area (Å²) in [6, 6.07) is 9.81. The lowest BCUT2D eigenvalue weighted by Crippen LogP contribution is -2.52. The van der Waals surface area contributed by atoms with Crippen LogP contribution in [0, 0.1) is 0 Å². The van der Waals surface area contributed by atoms with Gasteiger partial charge in [-0.25, -0.2) is 0 Å². The molecule has 1 saturated heterocycles. The van der Waals surface area contributed by atoms with Crippen molar-refractivity contribution in [2.24, 2.45) is 0 Å². The Kier molecular flexibility index (Phi) is 2.50. The molecule has 3 heteroatoms. The van der Waals surface area contributed by atoms with E-state index in [9.17, 15) is 4.79 Å². The second-order valence-corrected chi connectivity index (χ2v) is 3.66. The minimum absolute atomic E-state index is 0.0648. The molecule has 2 rings (SSSR count). The Morgan fingerprint density at radius 2 is 2.00 bits per heavy atom. The molecule has 1 aliphatic rings. The van der Waals surface area contributed by atoms with Crippen molar-refractivity contribution in [3.8, 4) is 0 Å². The van der Waals surface area contributed by atoms with Gasteiger partial charge < -0.3 is 10.6 Å². The molecule has 74 valence electrons. The monoisotopic (exact) mass is 190 g/mol. The molecular weight excluding hydrogens is 176 g/mol. The largest absolute Gasteiger partial charge is 0.351 e. The van der Waals surface area contributed by atoms with Gasteiger partial charge in [0.15, 0.2) is 0 Å². The van der Waals surface area contributed by atoms with Crippen molar-refractivity contribution in [2.45, 2.75) is 19.0 Å². The van der Waals surface area contributed by atoms with Crippen LogP contribution in [0.1, 0.15) is 18.5 Å². The fourth-order valence-electron chi connectivity index (χ4n) is 1.68. The quantitative estimate of drug-likeness (QED) is 0.689. The fourth-order valence-corrected chi connectivity index (χ4v) is 1.68. The molecule has 2 N–H and O–H groups in total. The SMILES string of the molecule is C[C@@H]1CN[C@@H](c2ccccc2)C(=O)N1. The van der Waals surface area contributed by atoms with Crippen molar-refractivity contribution in [1.82, 2.24) is 10.6 Å². The third-order valence-corrected chi connectivity index (χ3v) is 2.41. The Bertz CT molecular complexity index is 323. The van der Waals surface area contributed by atoms with Gasteiger partial charge in [0.1, 0.15) is 6.04 Å². The lowest BCUT2D eigenvalue weighted by Gasteiger charge is -2.28. The first-order valence-electron chi connectivity index (χ1n) is 4.86. The predicted molar refractivity (Wildman–Crippen MR) is 54.8 cm³/mol. The summed E-state index contributed by atoms with van der Waals surface area (Å²) in [7, 11) is 0. The Balaban J connectivity index is 2.16. The highest BCUT2D eigenvalue weighted by molar-refractivity contribution is 5.84. The first-order chi connectivity index (χ1) is 6.77. The fraction of sp³-hybridized carbons (Fsp3) is 0.364. The minimum atomic E-state index is -0.188. The Morgan fingerprint density at radius 3 is 2.64 bits per heavy atom. The van der Waals surface area contributed by atoms with Gasteiger partial charge in [0, 0.05) is 12.6 Å². The molecule has 1 aromatic carbocycles. The minimum Gasteiger partial charge on any atom is -0.351 e. The van der Waals surface area contributed by atoms with Crippen LogP contribution in [-0.2, 0) is 4.79 Å². The smallest absolute Gasteiger partial charge is 0.241 e. The molecule has 0 bridgehead atoms. The van der Waals surface area contributed by atoms with Crippen LogP contribution in [0.5, 0.6) is 0 Å². The summed E-state index contributed by atoms with van der Waals surface area (Å²) in [5.74, 6) is 0.0648. The summed E-state index contributed by atoms with van der Waals surface area (Å²) in [5.41, 5.74) is 1.02. The van der Waals surface area contributed by atoms with Crippen LogP contribution in [-0.4, -0.2) is 18.5 Å². The average Bonchev–Trinajstić information content (AvgIpc) is 2.19. The summed E-state index contributed by atoms with van der Waals surface area (Å²) in [6.07, 6.45) is 0. The summed E-state index contributed by atoms with van der Waals surface area (Å²) in [5, 5.41) is 6.15. The van der Waals surface area contributed by atoms with E-state index in [4.69, 9.17) is 0 Å². The van der Waals surface area contributed by atoms with Crippen molar-refractivity contribution in [3.63, 3.8) is 0 Å². The van der Waals surface area contributed by atoms with Crippen molar-refractivity contribution in [3.05, 3.63) is 35.9 Å². The molecule has 2 atom stereocenters. The number of hydrogen-bond acceptors (Lipinski definition) is 2. The molecule has 1 amide bonds. The molecule has 1 aromatic rings. The van der Waals surface area contributed by atoms with Crippen LogP contribution < -0.4 is 10.6 Å². The Labute approximate surface area is 83.5 Å². The number of amides is 1. The van der Waals surface area contributed by atoms with Crippen LogP contribution in [0.15, 0.2) is 30.3 Å². The molecule has 0 saturated carbocycles. The molecule has 0 unspecified atom stereocenters. The van der Waals surface area contributed by atoms with Crippen LogP contribution >= 0.6 is 0 Å². The van der Waals surface area contributed by atoms with Crippen molar-refractivity contribution in [1.29, 1.82) is 0 Å². The van der Waals surface area contributed by atoms with E-state index in [1.807, 2.05) is 37.3 Å². The maximum Gasteiger partial charge on any atom is 0.241 e. The zero-order valence-corrected chi connectivity index (χ0v) is 8.16. The molecule has 0 aliphatic carbocycles. The lowest BCUT2D eigenvalue weighted by molar-refractivity contribution is -0.125.